The summed E-state index contributed by atoms with van der Waals surface area (Å²) in [5, 5.41) is 2.09. The highest BCUT2D eigenvalue weighted by atomic mass is 35.5. The molecule has 1 aromatic heterocycles. The summed E-state index contributed by atoms with van der Waals surface area (Å²) in [6.45, 7) is 0. The zero-order valence-corrected chi connectivity index (χ0v) is 11.2. The zero-order valence-electron chi connectivity index (χ0n) is 8.86. The van der Waals surface area contributed by atoms with Crippen molar-refractivity contribution in [2.45, 2.75) is 10.8 Å². The van der Waals surface area contributed by atoms with Gasteiger partial charge in [0.15, 0.2) is 0 Å². The number of hydrogen-bond donors (Lipinski definition) is 1. The molecule has 0 amide bonds. The average Bonchev–Trinajstić information content (AvgIpc) is 2.30. The second kappa shape index (κ2) is 5.63. The fraction of sp³-hybridized carbons (Fsp3) is 0.0833. The SMILES string of the molecule is Nc1cc(Cl)cnc1SCc1ccc(Cl)cc1. The van der Waals surface area contributed by atoms with E-state index in [4.69, 9.17) is 28.9 Å². The van der Waals surface area contributed by atoms with Crippen LogP contribution in [0.2, 0.25) is 10.0 Å². The largest absolute Gasteiger partial charge is 0.396 e. The lowest BCUT2D eigenvalue weighted by Crippen LogP contribution is -1.92. The first-order valence-electron chi connectivity index (χ1n) is 4.93. The Balaban J connectivity index is 2.04. The summed E-state index contributed by atoms with van der Waals surface area (Å²) in [4.78, 5) is 4.19. The summed E-state index contributed by atoms with van der Waals surface area (Å²) in [6, 6.07) is 9.42. The van der Waals surface area contributed by atoms with Gasteiger partial charge in [-0.3, -0.25) is 0 Å². The molecule has 0 saturated heterocycles. The van der Waals surface area contributed by atoms with Crippen LogP contribution in [0.3, 0.4) is 0 Å². The number of benzene rings is 1. The van der Waals surface area contributed by atoms with Gasteiger partial charge in [0.25, 0.3) is 0 Å². The van der Waals surface area contributed by atoms with Crippen molar-refractivity contribution in [3.8, 4) is 0 Å². The van der Waals surface area contributed by atoms with E-state index >= 15 is 0 Å². The van der Waals surface area contributed by atoms with Crippen LogP contribution in [0.4, 0.5) is 5.69 Å². The van der Waals surface area contributed by atoms with E-state index in [2.05, 4.69) is 4.98 Å². The number of thioether (sulfide) groups is 1. The van der Waals surface area contributed by atoms with E-state index in [9.17, 15) is 0 Å². The minimum atomic E-state index is 0.554. The van der Waals surface area contributed by atoms with Gasteiger partial charge in [0, 0.05) is 17.0 Å². The number of rotatable bonds is 3. The molecule has 5 heteroatoms. The molecule has 88 valence electrons. The van der Waals surface area contributed by atoms with Gasteiger partial charge in [-0.15, -0.1) is 0 Å². The molecule has 2 rings (SSSR count). The Kier molecular flexibility index (Phi) is 4.15. The van der Waals surface area contributed by atoms with E-state index in [1.54, 1.807) is 24.0 Å². The van der Waals surface area contributed by atoms with Gasteiger partial charge < -0.3 is 5.73 Å². The molecule has 2 nitrogen and oxygen atoms in total. The molecule has 0 saturated carbocycles. The second-order valence-corrected chi connectivity index (χ2v) is 5.30. The number of anilines is 1. The lowest BCUT2D eigenvalue weighted by Gasteiger charge is -2.04. The maximum Gasteiger partial charge on any atom is 0.119 e. The van der Waals surface area contributed by atoms with E-state index in [1.165, 1.54) is 5.56 Å². The number of nitrogen functional groups attached to an aromatic ring is 1. The van der Waals surface area contributed by atoms with Crippen molar-refractivity contribution in [1.82, 2.24) is 4.98 Å². The topological polar surface area (TPSA) is 38.9 Å². The average molecular weight is 285 g/mol. The van der Waals surface area contributed by atoms with E-state index < -0.39 is 0 Å². The predicted molar refractivity (Wildman–Crippen MR) is 74.7 cm³/mol. The zero-order chi connectivity index (χ0) is 12.3. The minimum absolute atomic E-state index is 0.554. The lowest BCUT2D eigenvalue weighted by atomic mass is 10.2. The Morgan fingerprint density at radius 1 is 1.12 bits per heavy atom. The van der Waals surface area contributed by atoms with Crippen molar-refractivity contribution in [3.05, 3.63) is 52.1 Å². The molecule has 0 aliphatic rings. The fourth-order valence-corrected chi connectivity index (χ4v) is 2.44. The first kappa shape index (κ1) is 12.6. The van der Waals surface area contributed by atoms with E-state index in [1.807, 2.05) is 24.3 Å². The van der Waals surface area contributed by atoms with Gasteiger partial charge >= 0.3 is 0 Å². The Labute approximate surface area is 114 Å². The molecule has 0 fully saturated rings. The van der Waals surface area contributed by atoms with Gasteiger partial charge in [0.05, 0.1) is 10.7 Å². The molecule has 2 aromatic rings. The van der Waals surface area contributed by atoms with Crippen LogP contribution in [0.1, 0.15) is 5.56 Å². The number of pyridine rings is 1. The standard InChI is InChI=1S/C12H10Cl2N2S/c13-9-3-1-8(2-4-9)7-17-12-11(15)5-10(14)6-16-12/h1-6H,7,15H2. The smallest absolute Gasteiger partial charge is 0.119 e. The summed E-state index contributed by atoms with van der Waals surface area (Å²) >= 11 is 13.2. The second-order valence-electron chi connectivity index (χ2n) is 3.46. The van der Waals surface area contributed by atoms with Crippen LogP contribution < -0.4 is 5.73 Å². The molecule has 0 radical (unpaired) electrons. The summed E-state index contributed by atoms with van der Waals surface area (Å²) in [7, 11) is 0. The highest BCUT2D eigenvalue weighted by Gasteiger charge is 2.03. The van der Waals surface area contributed by atoms with Crippen LogP contribution in [0.25, 0.3) is 0 Å². The Morgan fingerprint density at radius 3 is 2.47 bits per heavy atom. The summed E-state index contributed by atoms with van der Waals surface area (Å²) in [6.07, 6.45) is 1.60. The number of nitrogens with zero attached hydrogens (tertiary/aromatic N) is 1. The predicted octanol–water partition coefficient (Wildman–Crippen LogP) is 4.26. The third-order valence-corrected chi connectivity index (χ3v) is 3.69. The van der Waals surface area contributed by atoms with Crippen LogP contribution >= 0.6 is 35.0 Å². The number of aromatic nitrogens is 1. The van der Waals surface area contributed by atoms with Crippen molar-refractivity contribution >= 4 is 40.7 Å². The van der Waals surface area contributed by atoms with Gasteiger partial charge in [-0.1, -0.05) is 47.1 Å². The third kappa shape index (κ3) is 3.53. The highest BCUT2D eigenvalue weighted by molar-refractivity contribution is 7.98. The van der Waals surface area contributed by atoms with Gasteiger partial charge in [-0.05, 0) is 23.8 Å². The first-order chi connectivity index (χ1) is 8.15. The quantitative estimate of drug-likeness (QED) is 0.856. The molecule has 2 N–H and O–H groups in total. The van der Waals surface area contributed by atoms with E-state index in [0.717, 1.165) is 15.8 Å². The molecule has 0 spiro atoms. The maximum atomic E-state index is 5.82. The van der Waals surface area contributed by atoms with Gasteiger partial charge in [0.2, 0.25) is 0 Å². The molecule has 17 heavy (non-hydrogen) atoms. The van der Waals surface area contributed by atoms with Crippen molar-refractivity contribution in [2.75, 3.05) is 5.73 Å². The van der Waals surface area contributed by atoms with Crippen molar-refractivity contribution in [1.29, 1.82) is 0 Å². The highest BCUT2D eigenvalue weighted by Crippen LogP contribution is 2.27. The molecule has 0 aliphatic heterocycles. The Morgan fingerprint density at radius 2 is 1.82 bits per heavy atom. The van der Waals surface area contributed by atoms with Crippen molar-refractivity contribution < 1.29 is 0 Å². The van der Waals surface area contributed by atoms with E-state index in [-0.39, 0.29) is 0 Å². The van der Waals surface area contributed by atoms with Gasteiger partial charge in [0.1, 0.15) is 5.03 Å². The fourth-order valence-electron chi connectivity index (χ4n) is 1.30. The summed E-state index contributed by atoms with van der Waals surface area (Å²) in [5.74, 6) is 0.802. The molecule has 1 aromatic carbocycles. The molecular formula is C12H10Cl2N2S. The molecule has 0 atom stereocenters. The van der Waals surface area contributed by atoms with Gasteiger partial charge in [-0.2, -0.15) is 0 Å². The van der Waals surface area contributed by atoms with Crippen LogP contribution in [0, 0.1) is 0 Å². The first-order valence-corrected chi connectivity index (χ1v) is 6.67. The van der Waals surface area contributed by atoms with E-state index in [0.29, 0.717) is 10.7 Å². The Bertz CT molecular complexity index is 514. The van der Waals surface area contributed by atoms with Crippen LogP contribution in [-0.2, 0) is 5.75 Å². The van der Waals surface area contributed by atoms with Crippen LogP contribution in [0.15, 0.2) is 41.6 Å². The molecule has 0 unspecified atom stereocenters. The number of hydrogen-bond acceptors (Lipinski definition) is 3. The number of nitrogens with two attached hydrogens (primary N) is 1. The maximum absolute atomic E-state index is 5.82. The van der Waals surface area contributed by atoms with Gasteiger partial charge in [-0.25, -0.2) is 4.98 Å². The van der Waals surface area contributed by atoms with Crippen LogP contribution in [-0.4, -0.2) is 4.98 Å². The third-order valence-electron chi connectivity index (χ3n) is 2.13. The molecule has 0 aliphatic carbocycles. The summed E-state index contributed by atoms with van der Waals surface area (Å²) < 4.78 is 0. The van der Waals surface area contributed by atoms with Crippen LogP contribution in [0.5, 0.6) is 0 Å². The minimum Gasteiger partial charge on any atom is -0.396 e. The van der Waals surface area contributed by atoms with Crippen molar-refractivity contribution in [3.63, 3.8) is 0 Å². The Hall–Kier alpha value is -0.900. The number of halogens is 2. The molecular weight excluding hydrogens is 275 g/mol. The molecule has 0 bridgehead atoms. The molecule has 1 heterocycles. The normalized spacial score (nSPS) is 10.5. The monoisotopic (exact) mass is 284 g/mol. The summed E-state index contributed by atoms with van der Waals surface area (Å²) in [5.41, 5.74) is 7.61. The van der Waals surface area contributed by atoms with Crippen molar-refractivity contribution in [2.24, 2.45) is 0 Å². The lowest BCUT2D eigenvalue weighted by molar-refractivity contribution is 1.14.